The van der Waals surface area contributed by atoms with E-state index in [0.29, 0.717) is 0 Å². The number of methoxy groups -OCH3 is 1. The lowest BCUT2D eigenvalue weighted by Gasteiger charge is -2.02. The van der Waals surface area contributed by atoms with Gasteiger partial charge in [-0.1, -0.05) is 6.07 Å². The van der Waals surface area contributed by atoms with Crippen LogP contribution in [0, 0.1) is 11.3 Å². The molecule has 0 spiro atoms. The zero-order valence-electron chi connectivity index (χ0n) is 8.50. The molecule has 0 saturated heterocycles. The molecule has 0 N–H and O–H groups in total. The molecule has 5 nitrogen and oxygen atoms in total. The zero-order valence-corrected chi connectivity index (χ0v) is 9.32. The average Bonchev–Trinajstić information content (AvgIpc) is 2.28. The highest BCUT2D eigenvalue weighted by atomic mass is 32.2. The Morgan fingerprint density at radius 1 is 1.50 bits per heavy atom. The third-order valence-electron chi connectivity index (χ3n) is 1.87. The number of nitrogens with zero attached hydrogens (tertiary/aromatic N) is 1. The molecule has 84 valence electrons. The summed E-state index contributed by atoms with van der Waals surface area (Å²) >= 11 is 0. The SMILES string of the molecule is COC(=O)c1cccc(S(=O)(=O)CC#N)c1. The van der Waals surface area contributed by atoms with Crippen molar-refractivity contribution in [2.24, 2.45) is 0 Å². The summed E-state index contributed by atoms with van der Waals surface area (Å²) in [5, 5.41) is 8.37. The maximum Gasteiger partial charge on any atom is 0.337 e. The number of rotatable bonds is 3. The maximum atomic E-state index is 11.5. The van der Waals surface area contributed by atoms with Crippen molar-refractivity contribution in [2.75, 3.05) is 12.9 Å². The number of carbonyl (C=O) groups is 1. The van der Waals surface area contributed by atoms with Gasteiger partial charge in [0.25, 0.3) is 0 Å². The van der Waals surface area contributed by atoms with Gasteiger partial charge in [0.2, 0.25) is 0 Å². The van der Waals surface area contributed by atoms with Gasteiger partial charge in [0, 0.05) is 0 Å². The molecule has 0 radical (unpaired) electrons. The molecule has 0 atom stereocenters. The molecule has 0 aliphatic carbocycles. The number of hydrogen-bond acceptors (Lipinski definition) is 5. The predicted octanol–water partition coefficient (Wildman–Crippen LogP) is 0.770. The van der Waals surface area contributed by atoms with Gasteiger partial charge >= 0.3 is 5.97 Å². The Labute approximate surface area is 93.2 Å². The van der Waals surface area contributed by atoms with Gasteiger partial charge in [0.1, 0.15) is 5.75 Å². The fourth-order valence-electron chi connectivity index (χ4n) is 1.10. The van der Waals surface area contributed by atoms with Crippen molar-refractivity contribution in [1.29, 1.82) is 5.26 Å². The van der Waals surface area contributed by atoms with Crippen molar-refractivity contribution in [3.05, 3.63) is 29.8 Å². The van der Waals surface area contributed by atoms with Gasteiger partial charge in [0.15, 0.2) is 9.84 Å². The summed E-state index contributed by atoms with van der Waals surface area (Å²) in [6.07, 6.45) is 0. The first-order chi connectivity index (χ1) is 7.51. The van der Waals surface area contributed by atoms with Crippen LogP contribution in [0.4, 0.5) is 0 Å². The Bertz CT molecular complexity index is 542. The Kier molecular flexibility index (Phi) is 3.64. The fraction of sp³-hybridized carbons (Fsp3) is 0.200. The second-order valence-corrected chi connectivity index (χ2v) is 4.93. The number of benzene rings is 1. The minimum atomic E-state index is -3.64. The van der Waals surface area contributed by atoms with Gasteiger partial charge in [-0.15, -0.1) is 0 Å². The highest BCUT2D eigenvalue weighted by Gasteiger charge is 2.16. The molecule has 6 heteroatoms. The molecule has 0 fully saturated rings. The number of ether oxygens (including phenoxy) is 1. The lowest BCUT2D eigenvalue weighted by molar-refractivity contribution is 0.0600. The molecule has 0 aromatic heterocycles. The van der Waals surface area contributed by atoms with Crippen molar-refractivity contribution in [3.63, 3.8) is 0 Å². The first kappa shape index (κ1) is 12.2. The van der Waals surface area contributed by atoms with E-state index in [1.165, 1.54) is 31.4 Å². The fourth-order valence-corrected chi connectivity index (χ4v) is 2.03. The van der Waals surface area contributed by atoms with E-state index < -0.39 is 21.6 Å². The molecule has 1 rings (SSSR count). The minimum absolute atomic E-state index is 0.0584. The third kappa shape index (κ3) is 2.58. The van der Waals surface area contributed by atoms with Crippen molar-refractivity contribution < 1.29 is 17.9 Å². The van der Waals surface area contributed by atoms with Crippen molar-refractivity contribution in [3.8, 4) is 6.07 Å². The molecule has 1 aromatic carbocycles. The van der Waals surface area contributed by atoms with E-state index in [-0.39, 0.29) is 10.5 Å². The van der Waals surface area contributed by atoms with Gasteiger partial charge in [-0.3, -0.25) is 0 Å². The van der Waals surface area contributed by atoms with Crippen LogP contribution in [-0.4, -0.2) is 27.2 Å². The Morgan fingerprint density at radius 2 is 2.19 bits per heavy atom. The van der Waals surface area contributed by atoms with Gasteiger partial charge in [-0.25, -0.2) is 13.2 Å². The van der Waals surface area contributed by atoms with E-state index in [2.05, 4.69) is 4.74 Å². The summed E-state index contributed by atoms with van der Waals surface area (Å²) in [4.78, 5) is 11.1. The van der Waals surface area contributed by atoms with Crippen LogP contribution in [0.3, 0.4) is 0 Å². The third-order valence-corrected chi connectivity index (χ3v) is 3.35. The maximum absolute atomic E-state index is 11.5. The highest BCUT2D eigenvalue weighted by molar-refractivity contribution is 7.91. The molecular weight excluding hydrogens is 230 g/mol. The lowest BCUT2D eigenvalue weighted by Crippen LogP contribution is -2.07. The smallest absolute Gasteiger partial charge is 0.337 e. The van der Waals surface area contributed by atoms with Crippen LogP contribution >= 0.6 is 0 Å². The molecule has 0 saturated carbocycles. The van der Waals surface area contributed by atoms with Crippen LogP contribution in [0.5, 0.6) is 0 Å². The summed E-state index contributed by atoms with van der Waals surface area (Å²) in [6, 6.07) is 6.96. The monoisotopic (exact) mass is 239 g/mol. The van der Waals surface area contributed by atoms with Gasteiger partial charge in [-0.2, -0.15) is 5.26 Å². The van der Waals surface area contributed by atoms with E-state index in [9.17, 15) is 13.2 Å². The number of carbonyl (C=O) groups excluding carboxylic acids is 1. The van der Waals surface area contributed by atoms with Crippen LogP contribution in [0.2, 0.25) is 0 Å². The number of hydrogen-bond donors (Lipinski definition) is 0. The summed E-state index contributed by atoms with van der Waals surface area (Å²) in [5.74, 6) is -1.23. The lowest BCUT2D eigenvalue weighted by atomic mass is 10.2. The summed E-state index contributed by atoms with van der Waals surface area (Å²) in [5.41, 5.74) is 0.140. The summed E-state index contributed by atoms with van der Waals surface area (Å²) in [7, 11) is -2.44. The molecule has 0 bridgehead atoms. The number of nitriles is 1. The normalized spacial score (nSPS) is 10.5. The molecule has 0 amide bonds. The van der Waals surface area contributed by atoms with Crippen molar-refractivity contribution in [2.45, 2.75) is 4.90 Å². The van der Waals surface area contributed by atoms with Gasteiger partial charge in [-0.05, 0) is 18.2 Å². The largest absolute Gasteiger partial charge is 0.465 e. The van der Waals surface area contributed by atoms with Gasteiger partial charge < -0.3 is 4.74 Å². The molecule has 0 unspecified atom stereocenters. The van der Waals surface area contributed by atoms with E-state index in [1.54, 1.807) is 6.07 Å². The second-order valence-electron chi connectivity index (χ2n) is 2.94. The van der Waals surface area contributed by atoms with Crippen LogP contribution in [0.15, 0.2) is 29.2 Å². The Morgan fingerprint density at radius 3 is 2.75 bits per heavy atom. The average molecular weight is 239 g/mol. The van der Waals surface area contributed by atoms with Crippen LogP contribution in [0.1, 0.15) is 10.4 Å². The molecule has 16 heavy (non-hydrogen) atoms. The number of esters is 1. The summed E-state index contributed by atoms with van der Waals surface area (Å²) < 4.78 is 27.5. The highest BCUT2D eigenvalue weighted by Crippen LogP contribution is 2.13. The second kappa shape index (κ2) is 4.77. The summed E-state index contributed by atoms with van der Waals surface area (Å²) in [6.45, 7) is 0. The molecule has 0 heterocycles. The molecule has 0 aliphatic rings. The number of sulfone groups is 1. The Hall–Kier alpha value is -1.87. The molecule has 1 aromatic rings. The molecule has 0 aliphatic heterocycles. The van der Waals surface area contributed by atoms with E-state index >= 15 is 0 Å². The van der Waals surface area contributed by atoms with Crippen LogP contribution in [0.25, 0.3) is 0 Å². The predicted molar refractivity (Wildman–Crippen MR) is 55.4 cm³/mol. The topological polar surface area (TPSA) is 84.2 Å². The van der Waals surface area contributed by atoms with Crippen LogP contribution in [-0.2, 0) is 14.6 Å². The Balaban J connectivity index is 3.19. The molecular formula is C10H9NO4S. The van der Waals surface area contributed by atoms with Crippen molar-refractivity contribution in [1.82, 2.24) is 0 Å². The van der Waals surface area contributed by atoms with E-state index in [1.807, 2.05) is 0 Å². The standard InChI is InChI=1S/C10H9NO4S/c1-15-10(12)8-3-2-4-9(7-8)16(13,14)6-5-11/h2-4,7H,6H2,1H3. The van der Waals surface area contributed by atoms with E-state index in [0.717, 1.165) is 0 Å². The quantitative estimate of drug-likeness (QED) is 0.727. The first-order valence-corrected chi connectivity index (χ1v) is 5.94. The minimum Gasteiger partial charge on any atom is -0.465 e. The van der Waals surface area contributed by atoms with Crippen LogP contribution < -0.4 is 0 Å². The van der Waals surface area contributed by atoms with Gasteiger partial charge in [0.05, 0.1) is 23.6 Å². The first-order valence-electron chi connectivity index (χ1n) is 4.29. The zero-order chi connectivity index (χ0) is 12.2. The van der Waals surface area contributed by atoms with E-state index in [4.69, 9.17) is 5.26 Å². The van der Waals surface area contributed by atoms with Crippen molar-refractivity contribution >= 4 is 15.8 Å².